The van der Waals surface area contributed by atoms with E-state index in [1.165, 1.54) is 6.42 Å². The molecule has 1 spiro atoms. The van der Waals surface area contributed by atoms with Gasteiger partial charge in [-0.2, -0.15) is 0 Å². The smallest absolute Gasteiger partial charge is 0.217 e. The molecule has 3 nitrogen and oxygen atoms in total. The summed E-state index contributed by atoms with van der Waals surface area (Å²) in [5.74, 6) is 0.0896. The Morgan fingerprint density at radius 3 is 2.62 bits per heavy atom. The lowest BCUT2D eigenvalue weighted by atomic mass is 9.64. The van der Waals surface area contributed by atoms with Gasteiger partial charge in [0.25, 0.3) is 0 Å². The summed E-state index contributed by atoms with van der Waals surface area (Å²) >= 11 is 0. The molecule has 3 heteroatoms. The van der Waals surface area contributed by atoms with E-state index >= 15 is 0 Å². The molecule has 0 aromatic rings. The summed E-state index contributed by atoms with van der Waals surface area (Å²) in [6.45, 7) is 4.60. The lowest BCUT2D eigenvalue weighted by Gasteiger charge is -2.44. The van der Waals surface area contributed by atoms with Crippen molar-refractivity contribution in [3.8, 4) is 0 Å². The normalized spacial score (nSPS) is 43.2. The van der Waals surface area contributed by atoms with Crippen LogP contribution in [-0.4, -0.2) is 24.7 Å². The van der Waals surface area contributed by atoms with Crippen LogP contribution < -0.4 is 5.32 Å². The topological polar surface area (TPSA) is 38.3 Å². The number of hydrogen-bond donors (Lipinski definition) is 1. The predicted octanol–water partition coefficient (Wildman–Crippen LogP) is 1.08. The van der Waals surface area contributed by atoms with E-state index in [4.69, 9.17) is 4.74 Å². The van der Waals surface area contributed by atoms with Gasteiger partial charge in [0.05, 0.1) is 12.7 Å². The number of nitrogens with one attached hydrogen (secondary N) is 1. The standard InChI is InChI=1S/C10H17NO2/c1-7-3-10(6-13-7)4-9(5-10)11-8(2)12/h7,9H,3-6H2,1-2H3,(H,11,12). The summed E-state index contributed by atoms with van der Waals surface area (Å²) in [6.07, 6.45) is 3.80. The third kappa shape index (κ3) is 1.70. The second kappa shape index (κ2) is 2.98. The minimum atomic E-state index is 0.0896. The van der Waals surface area contributed by atoms with E-state index in [0.717, 1.165) is 19.4 Å². The first-order valence-corrected chi connectivity index (χ1v) is 4.98. The van der Waals surface area contributed by atoms with Gasteiger partial charge in [0.15, 0.2) is 0 Å². The maximum Gasteiger partial charge on any atom is 0.217 e. The highest BCUT2D eigenvalue weighted by molar-refractivity contribution is 5.73. The van der Waals surface area contributed by atoms with E-state index in [0.29, 0.717) is 17.6 Å². The zero-order valence-electron chi connectivity index (χ0n) is 8.30. The molecule has 0 radical (unpaired) electrons. The van der Waals surface area contributed by atoms with Crippen molar-refractivity contribution in [2.24, 2.45) is 5.41 Å². The molecule has 1 unspecified atom stereocenters. The highest BCUT2D eigenvalue weighted by Gasteiger charge is 2.48. The van der Waals surface area contributed by atoms with E-state index < -0.39 is 0 Å². The Morgan fingerprint density at radius 2 is 2.15 bits per heavy atom. The minimum absolute atomic E-state index is 0.0896. The summed E-state index contributed by atoms with van der Waals surface area (Å²) in [4.78, 5) is 10.8. The molecule has 1 amide bonds. The Labute approximate surface area is 78.8 Å². The van der Waals surface area contributed by atoms with Gasteiger partial charge in [-0.05, 0) is 26.2 Å². The van der Waals surface area contributed by atoms with Gasteiger partial charge in [-0.15, -0.1) is 0 Å². The first-order chi connectivity index (χ1) is 6.10. The second-order valence-corrected chi connectivity index (χ2v) is 4.63. The summed E-state index contributed by atoms with van der Waals surface area (Å²) in [7, 11) is 0. The van der Waals surface area contributed by atoms with Crippen LogP contribution in [-0.2, 0) is 9.53 Å². The van der Waals surface area contributed by atoms with E-state index in [2.05, 4.69) is 12.2 Å². The molecule has 0 bridgehead atoms. The van der Waals surface area contributed by atoms with Crippen molar-refractivity contribution < 1.29 is 9.53 Å². The van der Waals surface area contributed by atoms with Gasteiger partial charge in [0, 0.05) is 18.4 Å². The van der Waals surface area contributed by atoms with Crippen LogP contribution in [0, 0.1) is 5.41 Å². The molecule has 2 aliphatic rings. The molecule has 1 atom stereocenters. The predicted molar refractivity (Wildman–Crippen MR) is 49.3 cm³/mol. The van der Waals surface area contributed by atoms with Crippen LogP contribution >= 0.6 is 0 Å². The van der Waals surface area contributed by atoms with Crippen molar-refractivity contribution in [1.82, 2.24) is 5.32 Å². The van der Waals surface area contributed by atoms with Gasteiger partial charge in [-0.3, -0.25) is 4.79 Å². The summed E-state index contributed by atoms with van der Waals surface area (Å²) in [5, 5.41) is 2.95. The van der Waals surface area contributed by atoms with Crippen LogP contribution in [0.5, 0.6) is 0 Å². The molecular weight excluding hydrogens is 166 g/mol. The number of carbonyl (C=O) groups excluding carboxylic acids is 1. The maximum atomic E-state index is 10.8. The van der Waals surface area contributed by atoms with Gasteiger partial charge in [-0.25, -0.2) is 0 Å². The number of carbonyl (C=O) groups is 1. The number of ether oxygens (including phenoxy) is 1. The van der Waals surface area contributed by atoms with E-state index in [1.807, 2.05) is 0 Å². The van der Waals surface area contributed by atoms with Crippen LogP contribution in [0.1, 0.15) is 33.1 Å². The van der Waals surface area contributed by atoms with E-state index in [9.17, 15) is 4.79 Å². The average Bonchev–Trinajstić information content (AvgIpc) is 2.29. The molecule has 74 valence electrons. The molecule has 2 rings (SSSR count). The number of hydrogen-bond acceptors (Lipinski definition) is 2. The van der Waals surface area contributed by atoms with Gasteiger partial charge < -0.3 is 10.1 Å². The SMILES string of the molecule is CC(=O)NC1CC2(COC(C)C2)C1. The summed E-state index contributed by atoms with van der Waals surface area (Å²) < 4.78 is 5.55. The Bertz CT molecular complexity index is 221. The quantitative estimate of drug-likeness (QED) is 0.660. The van der Waals surface area contributed by atoms with Crippen molar-refractivity contribution in [3.63, 3.8) is 0 Å². The van der Waals surface area contributed by atoms with Crippen molar-refractivity contribution >= 4 is 5.91 Å². The number of amides is 1. The van der Waals surface area contributed by atoms with Gasteiger partial charge in [0.2, 0.25) is 5.91 Å². The van der Waals surface area contributed by atoms with Gasteiger partial charge in [-0.1, -0.05) is 0 Å². The molecule has 0 aromatic carbocycles. The maximum absolute atomic E-state index is 10.8. The third-order valence-corrected chi connectivity index (χ3v) is 3.16. The van der Waals surface area contributed by atoms with Gasteiger partial charge >= 0.3 is 0 Å². The van der Waals surface area contributed by atoms with E-state index in [1.54, 1.807) is 6.92 Å². The Kier molecular flexibility index (Phi) is 2.06. The summed E-state index contributed by atoms with van der Waals surface area (Å²) in [5.41, 5.74) is 0.409. The first-order valence-electron chi connectivity index (χ1n) is 4.98. The van der Waals surface area contributed by atoms with Crippen molar-refractivity contribution in [3.05, 3.63) is 0 Å². The minimum Gasteiger partial charge on any atom is -0.378 e. The third-order valence-electron chi connectivity index (χ3n) is 3.16. The van der Waals surface area contributed by atoms with Crippen LogP contribution in [0.3, 0.4) is 0 Å². The Balaban J connectivity index is 1.80. The van der Waals surface area contributed by atoms with Crippen molar-refractivity contribution in [2.45, 2.75) is 45.3 Å². The first kappa shape index (κ1) is 9.00. The Hall–Kier alpha value is -0.570. The lowest BCUT2D eigenvalue weighted by Crippen LogP contribution is -2.50. The molecule has 1 N–H and O–H groups in total. The summed E-state index contributed by atoms with van der Waals surface area (Å²) in [6, 6.07) is 0.409. The molecule has 1 aliphatic carbocycles. The number of rotatable bonds is 1. The van der Waals surface area contributed by atoms with Crippen LogP contribution in [0.25, 0.3) is 0 Å². The zero-order chi connectivity index (χ0) is 9.47. The average molecular weight is 183 g/mol. The molecule has 1 saturated carbocycles. The highest BCUT2D eigenvalue weighted by Crippen LogP contribution is 2.49. The molecule has 2 fully saturated rings. The van der Waals surface area contributed by atoms with Crippen molar-refractivity contribution in [2.75, 3.05) is 6.61 Å². The van der Waals surface area contributed by atoms with Crippen LogP contribution in [0.15, 0.2) is 0 Å². The van der Waals surface area contributed by atoms with Gasteiger partial charge in [0.1, 0.15) is 0 Å². The molecule has 1 aliphatic heterocycles. The second-order valence-electron chi connectivity index (χ2n) is 4.63. The van der Waals surface area contributed by atoms with Crippen LogP contribution in [0.2, 0.25) is 0 Å². The Morgan fingerprint density at radius 1 is 1.46 bits per heavy atom. The largest absolute Gasteiger partial charge is 0.378 e. The highest BCUT2D eigenvalue weighted by atomic mass is 16.5. The fourth-order valence-corrected chi connectivity index (χ4v) is 2.71. The zero-order valence-corrected chi connectivity index (χ0v) is 8.30. The van der Waals surface area contributed by atoms with Crippen LogP contribution in [0.4, 0.5) is 0 Å². The fourth-order valence-electron chi connectivity index (χ4n) is 2.71. The fraction of sp³-hybridized carbons (Fsp3) is 0.900. The molecule has 13 heavy (non-hydrogen) atoms. The molecular formula is C10H17NO2. The molecule has 0 aromatic heterocycles. The van der Waals surface area contributed by atoms with E-state index in [-0.39, 0.29) is 5.91 Å². The molecule has 1 heterocycles. The monoisotopic (exact) mass is 183 g/mol. The van der Waals surface area contributed by atoms with Crippen molar-refractivity contribution in [1.29, 1.82) is 0 Å². The molecule has 1 saturated heterocycles. The lowest BCUT2D eigenvalue weighted by molar-refractivity contribution is -0.121.